The van der Waals surface area contributed by atoms with Crippen LogP contribution >= 0.6 is 11.6 Å². The number of benzene rings is 2. The van der Waals surface area contributed by atoms with Crippen molar-refractivity contribution in [3.63, 3.8) is 0 Å². The van der Waals surface area contributed by atoms with E-state index in [-0.39, 0.29) is 18.1 Å². The molecule has 0 spiro atoms. The third-order valence-corrected chi connectivity index (χ3v) is 11.7. The number of aromatic nitrogens is 4. The summed E-state index contributed by atoms with van der Waals surface area (Å²) in [6, 6.07) is 11.8. The molecule has 7 rings (SSSR count). The summed E-state index contributed by atoms with van der Waals surface area (Å²) in [5, 5.41) is 16.4. The SMILES string of the molecule is Cc1c(CC(=O)c2nc3c(n2C)CCNC3)cccc1-c1cccc(NC(=O)c2nc3c(n2C)CCN(C2CCC(C)(C(=O)O)CC2)C3)c1Cl. The van der Waals surface area contributed by atoms with Crippen LogP contribution in [0.2, 0.25) is 5.02 Å². The predicted molar refractivity (Wildman–Crippen MR) is 192 cm³/mol. The number of halogens is 1. The zero-order chi connectivity index (χ0) is 35.3. The van der Waals surface area contributed by atoms with Crippen molar-refractivity contribution in [3.05, 3.63) is 87.0 Å². The molecule has 2 aromatic heterocycles. The maximum Gasteiger partial charge on any atom is 0.309 e. The Morgan fingerprint density at radius 2 is 1.66 bits per heavy atom. The number of anilines is 1. The number of ketones is 1. The number of hydrogen-bond acceptors (Lipinski definition) is 7. The average Bonchev–Trinajstić information content (AvgIpc) is 3.63. The van der Waals surface area contributed by atoms with Crippen LogP contribution in [-0.2, 0) is 51.2 Å². The van der Waals surface area contributed by atoms with Crippen LogP contribution in [0.3, 0.4) is 0 Å². The van der Waals surface area contributed by atoms with Crippen LogP contribution in [0, 0.1) is 12.3 Å². The number of carboxylic acids is 1. The maximum absolute atomic E-state index is 13.7. The zero-order valence-electron chi connectivity index (χ0n) is 29.1. The largest absolute Gasteiger partial charge is 0.481 e. The lowest BCUT2D eigenvalue weighted by Crippen LogP contribution is -2.44. The minimum atomic E-state index is -0.713. The number of Topliss-reactive ketones (excluding diaryl/α,β-unsaturated/α-hetero) is 1. The first kappa shape index (κ1) is 34.1. The highest BCUT2D eigenvalue weighted by Crippen LogP contribution is 2.40. The number of nitrogens with zero attached hydrogens (tertiary/aromatic N) is 5. The van der Waals surface area contributed by atoms with Gasteiger partial charge in [-0.3, -0.25) is 19.3 Å². The van der Waals surface area contributed by atoms with Gasteiger partial charge in [0.05, 0.1) is 27.5 Å². The standard InChI is InChI=1S/C38H44ClN7O4/c1-22-23(19-32(47)34-41-28-20-40-17-13-30(28)44(34)3)7-5-8-25(22)26-9-6-10-27(33(26)39)43-36(48)35-42-29-21-46(18-14-31(29)45(35)4)24-11-15-38(2,16-12-24)37(49)50/h5-10,24,40H,11-21H2,1-4H3,(H,43,48)(H,49,50). The molecule has 2 aromatic carbocycles. The van der Waals surface area contributed by atoms with E-state index in [1.165, 1.54) is 0 Å². The number of nitrogens with one attached hydrogen (secondary N) is 2. The molecule has 1 aliphatic carbocycles. The van der Waals surface area contributed by atoms with Gasteiger partial charge in [0.2, 0.25) is 5.78 Å². The first-order valence-corrected chi connectivity index (χ1v) is 17.8. The van der Waals surface area contributed by atoms with E-state index in [4.69, 9.17) is 16.6 Å². The molecule has 0 atom stereocenters. The first-order valence-electron chi connectivity index (χ1n) is 17.4. The molecule has 1 fully saturated rings. The lowest BCUT2D eigenvalue weighted by atomic mass is 9.73. The van der Waals surface area contributed by atoms with Crippen LogP contribution in [-0.4, -0.2) is 65.9 Å². The summed E-state index contributed by atoms with van der Waals surface area (Å²) in [6.07, 6.45) is 4.86. The van der Waals surface area contributed by atoms with Crippen molar-refractivity contribution in [2.24, 2.45) is 19.5 Å². The van der Waals surface area contributed by atoms with Crippen molar-refractivity contribution in [2.75, 3.05) is 18.4 Å². The first-order chi connectivity index (χ1) is 23.9. The normalized spacial score (nSPS) is 20.6. The van der Waals surface area contributed by atoms with Gasteiger partial charge in [0.15, 0.2) is 11.6 Å². The van der Waals surface area contributed by atoms with Gasteiger partial charge in [0.1, 0.15) is 0 Å². The maximum atomic E-state index is 13.7. The summed E-state index contributed by atoms with van der Waals surface area (Å²) in [5.74, 6) is -0.284. The van der Waals surface area contributed by atoms with Crippen molar-refractivity contribution in [3.8, 4) is 11.1 Å². The second-order valence-corrected chi connectivity index (χ2v) is 14.7. The topological polar surface area (TPSA) is 134 Å². The van der Waals surface area contributed by atoms with Gasteiger partial charge < -0.3 is 24.9 Å². The highest BCUT2D eigenvalue weighted by molar-refractivity contribution is 6.36. The van der Waals surface area contributed by atoms with E-state index >= 15 is 0 Å². The molecule has 2 aliphatic heterocycles. The molecular formula is C38H44ClN7O4. The van der Waals surface area contributed by atoms with Gasteiger partial charge in [-0.2, -0.15) is 0 Å². The summed E-state index contributed by atoms with van der Waals surface area (Å²) >= 11 is 6.99. The fourth-order valence-electron chi connectivity index (χ4n) is 8.02. The molecule has 11 nitrogen and oxygen atoms in total. The zero-order valence-corrected chi connectivity index (χ0v) is 29.9. The number of carbonyl (C=O) groups is 3. The van der Waals surface area contributed by atoms with Crippen molar-refractivity contribution < 1.29 is 19.5 Å². The minimum absolute atomic E-state index is 0.0324. The van der Waals surface area contributed by atoms with Gasteiger partial charge in [-0.1, -0.05) is 41.9 Å². The van der Waals surface area contributed by atoms with Crippen molar-refractivity contribution >= 4 is 34.9 Å². The fourth-order valence-corrected chi connectivity index (χ4v) is 8.30. The Morgan fingerprint density at radius 3 is 2.40 bits per heavy atom. The third-order valence-electron chi connectivity index (χ3n) is 11.3. The molecule has 0 bridgehead atoms. The summed E-state index contributed by atoms with van der Waals surface area (Å²) in [4.78, 5) is 50.7. The van der Waals surface area contributed by atoms with Gasteiger partial charge in [0, 0.05) is 82.5 Å². The van der Waals surface area contributed by atoms with Crippen LogP contribution in [0.15, 0.2) is 36.4 Å². The number of imidazole rings is 2. The molecular weight excluding hydrogens is 654 g/mol. The molecule has 3 aliphatic rings. The Bertz CT molecular complexity index is 2010. The van der Waals surface area contributed by atoms with Crippen LogP contribution in [0.1, 0.15) is 87.7 Å². The Balaban J connectivity index is 1.06. The molecule has 0 radical (unpaired) electrons. The van der Waals surface area contributed by atoms with Gasteiger partial charge in [-0.15, -0.1) is 0 Å². The summed E-state index contributed by atoms with van der Waals surface area (Å²) < 4.78 is 3.81. The van der Waals surface area contributed by atoms with E-state index in [0.29, 0.717) is 54.3 Å². The molecule has 262 valence electrons. The molecule has 3 N–H and O–H groups in total. The van der Waals surface area contributed by atoms with E-state index < -0.39 is 11.4 Å². The predicted octanol–water partition coefficient (Wildman–Crippen LogP) is 5.50. The number of carbonyl (C=O) groups excluding carboxylic acids is 2. The van der Waals surface area contributed by atoms with Gasteiger partial charge in [-0.25, -0.2) is 9.97 Å². The Labute approximate surface area is 297 Å². The van der Waals surface area contributed by atoms with Crippen molar-refractivity contribution in [2.45, 2.75) is 77.9 Å². The lowest BCUT2D eigenvalue weighted by molar-refractivity contribution is -0.150. The Kier molecular flexibility index (Phi) is 9.17. The summed E-state index contributed by atoms with van der Waals surface area (Å²) in [7, 11) is 3.79. The second kappa shape index (κ2) is 13.4. The number of amides is 1. The molecule has 0 unspecified atom stereocenters. The van der Waals surface area contributed by atoms with Crippen LogP contribution in [0.25, 0.3) is 11.1 Å². The molecule has 4 aromatic rings. The quantitative estimate of drug-likeness (QED) is 0.206. The second-order valence-electron chi connectivity index (χ2n) is 14.3. The highest BCUT2D eigenvalue weighted by Gasteiger charge is 2.40. The fraction of sp³-hybridized carbons (Fsp3) is 0.447. The molecule has 0 saturated heterocycles. The number of rotatable bonds is 8. The summed E-state index contributed by atoms with van der Waals surface area (Å²) in [6.45, 7) is 6.88. The average molecular weight is 698 g/mol. The van der Waals surface area contributed by atoms with Gasteiger partial charge in [-0.05, 0) is 62.3 Å². The van der Waals surface area contributed by atoms with E-state index in [1.807, 2.05) is 67.4 Å². The Morgan fingerprint density at radius 1 is 0.980 bits per heavy atom. The third kappa shape index (κ3) is 6.16. The summed E-state index contributed by atoms with van der Waals surface area (Å²) in [5.41, 5.74) is 7.31. The molecule has 50 heavy (non-hydrogen) atoms. The number of fused-ring (bicyclic) bond motifs is 2. The smallest absolute Gasteiger partial charge is 0.309 e. The monoisotopic (exact) mass is 697 g/mol. The van der Waals surface area contributed by atoms with Crippen molar-refractivity contribution in [1.29, 1.82) is 0 Å². The molecule has 1 saturated carbocycles. The van der Waals surface area contributed by atoms with Crippen molar-refractivity contribution in [1.82, 2.24) is 29.3 Å². The van der Waals surface area contributed by atoms with Gasteiger partial charge >= 0.3 is 5.97 Å². The number of carboxylic acid groups (broad SMARTS) is 1. The van der Waals surface area contributed by atoms with Gasteiger partial charge in [0.25, 0.3) is 5.91 Å². The van der Waals surface area contributed by atoms with E-state index in [1.54, 1.807) is 6.07 Å². The highest BCUT2D eigenvalue weighted by atomic mass is 35.5. The van der Waals surface area contributed by atoms with E-state index in [9.17, 15) is 19.5 Å². The van der Waals surface area contributed by atoms with E-state index in [0.717, 1.165) is 83.8 Å². The Hall–Kier alpha value is -4.32. The lowest BCUT2D eigenvalue weighted by Gasteiger charge is -2.41. The minimum Gasteiger partial charge on any atom is -0.481 e. The van der Waals surface area contributed by atoms with E-state index in [2.05, 4.69) is 20.5 Å². The number of aliphatic carboxylic acids is 1. The molecule has 12 heteroatoms. The van der Waals surface area contributed by atoms with Crippen LogP contribution in [0.5, 0.6) is 0 Å². The van der Waals surface area contributed by atoms with Crippen LogP contribution < -0.4 is 10.6 Å². The number of hydrogen-bond donors (Lipinski definition) is 3. The molecule has 1 amide bonds. The molecule has 4 heterocycles. The van der Waals surface area contributed by atoms with Crippen LogP contribution in [0.4, 0.5) is 5.69 Å².